The number of ether oxygens (including phenoxy) is 2. The standard InChI is InChI=1S/C17H17Cl2NO4/c1-2-23-15(22)9-24-14-6-4-12(16(18)17(14)19)10-3-5-13(21)11(7-10)8-20/h3-7,21H,2,8-9,20H2,1H3. The number of carbonyl (C=O) groups is 1. The van der Waals surface area contributed by atoms with Crippen LogP contribution < -0.4 is 10.5 Å². The Balaban J connectivity index is 2.28. The largest absolute Gasteiger partial charge is 0.508 e. The second kappa shape index (κ2) is 8.24. The molecule has 3 N–H and O–H groups in total. The number of benzene rings is 2. The quantitative estimate of drug-likeness (QED) is 0.757. The van der Waals surface area contributed by atoms with Crippen LogP contribution >= 0.6 is 23.2 Å². The van der Waals surface area contributed by atoms with Crippen molar-refractivity contribution in [3.63, 3.8) is 0 Å². The maximum atomic E-state index is 11.3. The van der Waals surface area contributed by atoms with Gasteiger partial charge in [-0.2, -0.15) is 0 Å². The van der Waals surface area contributed by atoms with Crippen LogP contribution in [0.4, 0.5) is 0 Å². The van der Waals surface area contributed by atoms with Crippen molar-refractivity contribution < 1.29 is 19.4 Å². The number of rotatable bonds is 6. The normalized spacial score (nSPS) is 10.5. The minimum atomic E-state index is -0.486. The zero-order valence-corrected chi connectivity index (χ0v) is 14.5. The van der Waals surface area contributed by atoms with Gasteiger partial charge in [0, 0.05) is 17.7 Å². The van der Waals surface area contributed by atoms with Crippen LogP contribution in [-0.2, 0) is 16.1 Å². The maximum Gasteiger partial charge on any atom is 0.344 e. The molecule has 0 amide bonds. The zero-order chi connectivity index (χ0) is 17.7. The second-order valence-electron chi connectivity index (χ2n) is 4.88. The molecule has 0 aliphatic rings. The van der Waals surface area contributed by atoms with E-state index in [1.165, 1.54) is 0 Å². The van der Waals surface area contributed by atoms with Crippen LogP contribution in [0.1, 0.15) is 12.5 Å². The predicted molar refractivity (Wildman–Crippen MR) is 93.6 cm³/mol. The molecule has 0 aliphatic heterocycles. The van der Waals surface area contributed by atoms with Gasteiger partial charge in [-0.25, -0.2) is 4.79 Å². The van der Waals surface area contributed by atoms with E-state index in [4.69, 9.17) is 38.4 Å². The highest BCUT2D eigenvalue weighted by atomic mass is 35.5. The summed E-state index contributed by atoms with van der Waals surface area (Å²) < 4.78 is 10.1. The van der Waals surface area contributed by atoms with E-state index in [0.717, 1.165) is 5.56 Å². The lowest BCUT2D eigenvalue weighted by Gasteiger charge is -2.13. The number of nitrogens with two attached hydrogens (primary N) is 1. The Kier molecular flexibility index (Phi) is 6.31. The lowest BCUT2D eigenvalue weighted by molar-refractivity contribution is -0.145. The number of carbonyl (C=O) groups excluding carboxylic acids is 1. The highest BCUT2D eigenvalue weighted by molar-refractivity contribution is 6.44. The van der Waals surface area contributed by atoms with Gasteiger partial charge in [0.1, 0.15) is 16.5 Å². The Morgan fingerprint density at radius 1 is 1.21 bits per heavy atom. The SMILES string of the molecule is CCOC(=O)COc1ccc(-c2ccc(O)c(CN)c2)c(Cl)c1Cl. The molecule has 2 aromatic carbocycles. The Labute approximate surface area is 149 Å². The van der Waals surface area contributed by atoms with Crippen LogP contribution in [0.5, 0.6) is 11.5 Å². The number of esters is 1. The molecule has 0 unspecified atom stereocenters. The second-order valence-corrected chi connectivity index (χ2v) is 5.64. The number of aromatic hydroxyl groups is 1. The summed E-state index contributed by atoms with van der Waals surface area (Å²) in [5, 5.41) is 10.2. The van der Waals surface area contributed by atoms with Crippen LogP contribution in [0.3, 0.4) is 0 Å². The number of halogens is 2. The lowest BCUT2D eigenvalue weighted by Crippen LogP contribution is -2.14. The molecule has 0 fully saturated rings. The molecule has 0 radical (unpaired) electrons. The molecule has 2 aromatic rings. The van der Waals surface area contributed by atoms with Gasteiger partial charge in [0.2, 0.25) is 0 Å². The van der Waals surface area contributed by atoms with Gasteiger partial charge in [0.25, 0.3) is 0 Å². The van der Waals surface area contributed by atoms with Crippen LogP contribution in [0.15, 0.2) is 30.3 Å². The van der Waals surface area contributed by atoms with E-state index >= 15 is 0 Å². The van der Waals surface area contributed by atoms with E-state index < -0.39 is 5.97 Å². The number of hydrogen-bond acceptors (Lipinski definition) is 5. The van der Waals surface area contributed by atoms with Gasteiger partial charge in [-0.15, -0.1) is 0 Å². The number of hydrogen-bond donors (Lipinski definition) is 2. The van der Waals surface area contributed by atoms with Crippen LogP contribution in [0.25, 0.3) is 11.1 Å². The molecule has 0 bridgehead atoms. The molecule has 5 nitrogen and oxygen atoms in total. The van der Waals surface area contributed by atoms with Crippen molar-refractivity contribution in [2.75, 3.05) is 13.2 Å². The van der Waals surface area contributed by atoms with Gasteiger partial charge in [-0.1, -0.05) is 29.3 Å². The Morgan fingerprint density at radius 2 is 1.96 bits per heavy atom. The molecule has 0 saturated heterocycles. The third-order valence-corrected chi connectivity index (χ3v) is 4.17. The fourth-order valence-electron chi connectivity index (χ4n) is 2.12. The third kappa shape index (κ3) is 4.12. The van der Waals surface area contributed by atoms with E-state index in [1.54, 1.807) is 37.3 Å². The van der Waals surface area contributed by atoms with Gasteiger partial charge in [0.15, 0.2) is 6.61 Å². The monoisotopic (exact) mass is 369 g/mol. The summed E-state index contributed by atoms with van der Waals surface area (Å²) in [6.45, 7) is 1.94. The first-order valence-electron chi connectivity index (χ1n) is 7.26. The summed E-state index contributed by atoms with van der Waals surface area (Å²) in [7, 11) is 0. The molecule has 0 saturated carbocycles. The fraction of sp³-hybridized carbons (Fsp3) is 0.235. The topological polar surface area (TPSA) is 81.8 Å². The molecule has 0 atom stereocenters. The minimum Gasteiger partial charge on any atom is -0.508 e. The summed E-state index contributed by atoms with van der Waals surface area (Å²) in [5.41, 5.74) is 7.63. The highest BCUT2D eigenvalue weighted by Gasteiger charge is 2.15. The van der Waals surface area contributed by atoms with Crippen molar-refractivity contribution in [2.24, 2.45) is 5.73 Å². The summed E-state index contributed by atoms with van der Waals surface area (Å²) in [4.78, 5) is 11.3. The molecule has 24 heavy (non-hydrogen) atoms. The van der Waals surface area contributed by atoms with Crippen LogP contribution in [0.2, 0.25) is 10.0 Å². The first kappa shape index (κ1) is 18.4. The van der Waals surface area contributed by atoms with Crippen molar-refractivity contribution in [1.82, 2.24) is 0 Å². The van der Waals surface area contributed by atoms with E-state index in [2.05, 4.69) is 0 Å². The average Bonchev–Trinajstić information content (AvgIpc) is 2.57. The molecule has 128 valence electrons. The average molecular weight is 370 g/mol. The fourth-order valence-corrected chi connectivity index (χ4v) is 2.61. The van der Waals surface area contributed by atoms with Gasteiger partial charge < -0.3 is 20.3 Å². The van der Waals surface area contributed by atoms with E-state index in [-0.39, 0.29) is 41.3 Å². The van der Waals surface area contributed by atoms with Gasteiger partial charge in [-0.05, 0) is 36.8 Å². The van der Waals surface area contributed by atoms with Gasteiger partial charge >= 0.3 is 5.97 Å². The first-order valence-corrected chi connectivity index (χ1v) is 8.02. The Morgan fingerprint density at radius 3 is 2.62 bits per heavy atom. The summed E-state index contributed by atoms with van der Waals surface area (Å²) in [5.74, 6) is -0.0750. The van der Waals surface area contributed by atoms with Crippen molar-refractivity contribution in [1.29, 1.82) is 0 Å². The smallest absolute Gasteiger partial charge is 0.344 e. The maximum absolute atomic E-state index is 11.3. The lowest BCUT2D eigenvalue weighted by atomic mass is 10.0. The first-order chi connectivity index (χ1) is 11.5. The zero-order valence-electron chi connectivity index (χ0n) is 13.0. The Hall–Kier alpha value is -1.95. The molecule has 2 rings (SSSR count). The molecule has 0 heterocycles. The molecule has 0 aromatic heterocycles. The number of phenols is 1. The molecule has 0 aliphatic carbocycles. The van der Waals surface area contributed by atoms with Crippen LogP contribution in [0, 0.1) is 0 Å². The minimum absolute atomic E-state index is 0.123. The van der Waals surface area contributed by atoms with Crippen molar-refractivity contribution in [3.8, 4) is 22.6 Å². The Bertz CT molecular complexity index is 750. The van der Waals surface area contributed by atoms with E-state index in [1.807, 2.05) is 0 Å². The van der Waals surface area contributed by atoms with E-state index in [0.29, 0.717) is 11.1 Å². The van der Waals surface area contributed by atoms with Crippen molar-refractivity contribution in [3.05, 3.63) is 45.9 Å². The highest BCUT2D eigenvalue weighted by Crippen LogP contribution is 2.40. The molecule has 0 spiro atoms. The van der Waals surface area contributed by atoms with Crippen molar-refractivity contribution in [2.45, 2.75) is 13.5 Å². The molecular weight excluding hydrogens is 353 g/mol. The van der Waals surface area contributed by atoms with E-state index in [9.17, 15) is 9.90 Å². The predicted octanol–water partition coefficient (Wildman–Crippen LogP) is 3.77. The summed E-state index contributed by atoms with van der Waals surface area (Å²) in [6.07, 6.45) is 0. The molecule has 7 heteroatoms. The van der Waals surface area contributed by atoms with Crippen LogP contribution in [-0.4, -0.2) is 24.3 Å². The number of phenolic OH excluding ortho intramolecular Hbond substituents is 1. The summed E-state index contributed by atoms with van der Waals surface area (Å²) in [6, 6.07) is 8.35. The summed E-state index contributed by atoms with van der Waals surface area (Å²) >= 11 is 12.6. The molecular formula is C17H17Cl2NO4. The van der Waals surface area contributed by atoms with Gasteiger partial charge in [0.05, 0.1) is 11.6 Å². The van der Waals surface area contributed by atoms with Crippen molar-refractivity contribution >= 4 is 29.2 Å². The van der Waals surface area contributed by atoms with Gasteiger partial charge in [-0.3, -0.25) is 0 Å². The third-order valence-electron chi connectivity index (χ3n) is 3.31.